The molecule has 5 heteroatoms. The Morgan fingerprint density at radius 2 is 2.16 bits per heavy atom. The molecule has 0 bridgehead atoms. The van der Waals surface area contributed by atoms with Gasteiger partial charge in [0, 0.05) is 10.0 Å². The van der Waals surface area contributed by atoms with E-state index < -0.39 is 5.82 Å². The molecule has 0 amide bonds. The first-order chi connectivity index (χ1) is 9.06. The highest BCUT2D eigenvalue weighted by molar-refractivity contribution is 9.10. The molecule has 0 saturated carbocycles. The Balaban J connectivity index is 2.52. The number of hydrogen-bond acceptors (Lipinski definition) is 2. The standard InChI is InChI=1S/C14H14BrClFNO/c1-3-18-13(14-8(2)6-7-19-14)9-4-5-10(15)11(16)12(9)17/h4-7,13,18H,3H2,1-2H3. The fourth-order valence-corrected chi connectivity index (χ4v) is 2.47. The molecule has 1 N–H and O–H groups in total. The Labute approximate surface area is 125 Å². The van der Waals surface area contributed by atoms with Gasteiger partial charge in [0.25, 0.3) is 0 Å². The van der Waals surface area contributed by atoms with Gasteiger partial charge in [0.1, 0.15) is 11.6 Å². The molecule has 0 aliphatic rings. The van der Waals surface area contributed by atoms with E-state index in [0.29, 0.717) is 22.3 Å². The van der Waals surface area contributed by atoms with E-state index in [1.54, 1.807) is 18.4 Å². The summed E-state index contributed by atoms with van der Waals surface area (Å²) in [7, 11) is 0. The van der Waals surface area contributed by atoms with Crippen LogP contribution in [-0.2, 0) is 0 Å². The lowest BCUT2D eigenvalue weighted by molar-refractivity contribution is 0.439. The molecule has 0 aliphatic carbocycles. The fraction of sp³-hybridized carbons (Fsp3) is 0.286. The zero-order chi connectivity index (χ0) is 14.0. The maximum Gasteiger partial charge on any atom is 0.148 e. The summed E-state index contributed by atoms with van der Waals surface area (Å²) in [6, 6.07) is 4.97. The number of halogens is 3. The summed E-state index contributed by atoms with van der Waals surface area (Å²) in [6.45, 7) is 4.59. The van der Waals surface area contributed by atoms with E-state index >= 15 is 0 Å². The van der Waals surface area contributed by atoms with Crippen molar-refractivity contribution in [3.8, 4) is 0 Å². The van der Waals surface area contributed by atoms with E-state index in [1.807, 2.05) is 19.9 Å². The molecule has 2 rings (SSSR count). The van der Waals surface area contributed by atoms with Crippen molar-refractivity contribution in [1.29, 1.82) is 0 Å². The minimum Gasteiger partial charge on any atom is -0.467 e. The van der Waals surface area contributed by atoms with Crippen LogP contribution in [0.25, 0.3) is 0 Å². The molecule has 19 heavy (non-hydrogen) atoms. The van der Waals surface area contributed by atoms with Gasteiger partial charge >= 0.3 is 0 Å². The second-order valence-electron chi connectivity index (χ2n) is 4.22. The largest absolute Gasteiger partial charge is 0.467 e. The van der Waals surface area contributed by atoms with Gasteiger partial charge in [-0.1, -0.05) is 24.6 Å². The van der Waals surface area contributed by atoms with Gasteiger partial charge in [-0.05, 0) is 47.1 Å². The average molecular weight is 347 g/mol. The van der Waals surface area contributed by atoms with Gasteiger partial charge in [0.2, 0.25) is 0 Å². The first kappa shape index (κ1) is 14.6. The third-order valence-electron chi connectivity index (χ3n) is 2.95. The lowest BCUT2D eigenvalue weighted by Gasteiger charge is -2.18. The van der Waals surface area contributed by atoms with Crippen LogP contribution in [0.15, 0.2) is 33.4 Å². The molecular formula is C14H14BrClFNO. The van der Waals surface area contributed by atoms with Crippen LogP contribution < -0.4 is 5.32 Å². The number of rotatable bonds is 4. The molecule has 1 aromatic carbocycles. The van der Waals surface area contributed by atoms with Gasteiger partial charge in [-0.2, -0.15) is 0 Å². The van der Waals surface area contributed by atoms with Gasteiger partial charge in [-0.25, -0.2) is 4.39 Å². The second-order valence-corrected chi connectivity index (χ2v) is 5.46. The Kier molecular flexibility index (Phi) is 4.66. The smallest absolute Gasteiger partial charge is 0.148 e. The van der Waals surface area contributed by atoms with Crippen LogP contribution in [0, 0.1) is 12.7 Å². The van der Waals surface area contributed by atoms with Crippen LogP contribution in [-0.4, -0.2) is 6.54 Å². The van der Waals surface area contributed by atoms with Gasteiger partial charge in [0.15, 0.2) is 0 Å². The predicted molar refractivity (Wildman–Crippen MR) is 78.1 cm³/mol. The molecule has 2 nitrogen and oxygen atoms in total. The van der Waals surface area contributed by atoms with E-state index in [0.717, 1.165) is 5.56 Å². The highest BCUT2D eigenvalue weighted by Crippen LogP contribution is 2.34. The highest BCUT2D eigenvalue weighted by atomic mass is 79.9. The Morgan fingerprint density at radius 1 is 1.42 bits per heavy atom. The third-order valence-corrected chi connectivity index (χ3v) is 4.21. The molecule has 1 unspecified atom stereocenters. The molecule has 0 aliphatic heterocycles. The lowest BCUT2D eigenvalue weighted by Crippen LogP contribution is -2.23. The monoisotopic (exact) mass is 345 g/mol. The SMILES string of the molecule is CCNC(c1ccc(Br)c(Cl)c1F)c1occc1C. The third kappa shape index (κ3) is 2.86. The summed E-state index contributed by atoms with van der Waals surface area (Å²) in [5, 5.41) is 3.31. The molecule has 0 spiro atoms. The van der Waals surface area contributed by atoms with E-state index in [-0.39, 0.29) is 11.1 Å². The molecule has 0 fully saturated rings. The normalized spacial score (nSPS) is 12.7. The molecule has 102 valence electrons. The summed E-state index contributed by atoms with van der Waals surface area (Å²) >= 11 is 9.16. The number of nitrogens with one attached hydrogen (secondary N) is 1. The number of aryl methyl sites for hydroxylation is 1. The predicted octanol–water partition coefficient (Wildman–Crippen LogP) is 4.84. The number of benzene rings is 1. The first-order valence-corrected chi connectivity index (χ1v) is 7.14. The van der Waals surface area contributed by atoms with Crippen molar-refractivity contribution >= 4 is 27.5 Å². The fourth-order valence-electron chi connectivity index (χ4n) is 1.99. The van der Waals surface area contributed by atoms with Crippen molar-refractivity contribution in [2.24, 2.45) is 0 Å². The Morgan fingerprint density at radius 3 is 2.74 bits per heavy atom. The minimum absolute atomic E-state index is 0.0876. The van der Waals surface area contributed by atoms with E-state index in [9.17, 15) is 4.39 Å². The second kappa shape index (κ2) is 6.07. The molecular weight excluding hydrogens is 333 g/mol. The van der Waals surface area contributed by atoms with Crippen molar-refractivity contribution in [2.75, 3.05) is 6.54 Å². The summed E-state index contributed by atoms with van der Waals surface area (Å²) in [4.78, 5) is 0. The Bertz CT molecular complexity index is 585. The van der Waals surface area contributed by atoms with Gasteiger partial charge in [0.05, 0.1) is 17.3 Å². The summed E-state index contributed by atoms with van der Waals surface area (Å²) < 4.78 is 20.3. The van der Waals surface area contributed by atoms with Crippen molar-refractivity contribution in [1.82, 2.24) is 5.32 Å². The van der Waals surface area contributed by atoms with Crippen LogP contribution in [0.4, 0.5) is 4.39 Å². The van der Waals surface area contributed by atoms with Gasteiger partial charge in [-0.15, -0.1) is 0 Å². The van der Waals surface area contributed by atoms with Crippen LogP contribution in [0.3, 0.4) is 0 Å². The zero-order valence-corrected chi connectivity index (χ0v) is 13.0. The van der Waals surface area contributed by atoms with Crippen molar-refractivity contribution in [3.05, 3.63) is 56.7 Å². The first-order valence-electron chi connectivity index (χ1n) is 5.97. The van der Waals surface area contributed by atoms with E-state index in [2.05, 4.69) is 21.2 Å². The van der Waals surface area contributed by atoms with Crippen molar-refractivity contribution in [2.45, 2.75) is 19.9 Å². The maximum atomic E-state index is 14.3. The zero-order valence-electron chi connectivity index (χ0n) is 10.6. The van der Waals surface area contributed by atoms with E-state index in [4.69, 9.17) is 16.0 Å². The number of furan rings is 1. The average Bonchev–Trinajstić information content (AvgIpc) is 2.80. The maximum absolute atomic E-state index is 14.3. The minimum atomic E-state index is -0.433. The van der Waals surface area contributed by atoms with Crippen LogP contribution >= 0.6 is 27.5 Å². The quantitative estimate of drug-likeness (QED) is 0.801. The highest BCUT2D eigenvalue weighted by Gasteiger charge is 2.23. The molecule has 1 atom stereocenters. The molecule has 0 radical (unpaired) electrons. The lowest BCUT2D eigenvalue weighted by atomic mass is 10.0. The van der Waals surface area contributed by atoms with Crippen LogP contribution in [0.1, 0.15) is 29.9 Å². The van der Waals surface area contributed by atoms with Crippen molar-refractivity contribution < 1.29 is 8.81 Å². The van der Waals surface area contributed by atoms with Gasteiger partial charge < -0.3 is 9.73 Å². The van der Waals surface area contributed by atoms with Crippen LogP contribution in [0.2, 0.25) is 5.02 Å². The molecule has 1 heterocycles. The summed E-state index contributed by atoms with van der Waals surface area (Å²) in [5.41, 5.74) is 1.46. The number of hydrogen-bond donors (Lipinski definition) is 1. The van der Waals surface area contributed by atoms with E-state index in [1.165, 1.54) is 0 Å². The molecule has 0 saturated heterocycles. The molecule has 1 aromatic heterocycles. The Hall–Kier alpha value is -0.840. The van der Waals surface area contributed by atoms with Crippen LogP contribution in [0.5, 0.6) is 0 Å². The summed E-state index contributed by atoms with van der Waals surface area (Å²) in [5.74, 6) is 0.275. The van der Waals surface area contributed by atoms with Crippen molar-refractivity contribution in [3.63, 3.8) is 0 Å². The van der Waals surface area contributed by atoms with Gasteiger partial charge in [-0.3, -0.25) is 0 Å². The topological polar surface area (TPSA) is 25.2 Å². The molecule has 2 aromatic rings. The summed E-state index contributed by atoms with van der Waals surface area (Å²) in [6.07, 6.45) is 1.60.